The molecule has 0 bridgehead atoms. The highest BCUT2D eigenvalue weighted by atomic mass is 16.2. The summed E-state index contributed by atoms with van der Waals surface area (Å²) in [6, 6.07) is 0.145. The Morgan fingerprint density at radius 3 is 3.13 bits per heavy atom. The van der Waals surface area contributed by atoms with Gasteiger partial charge in [0.1, 0.15) is 0 Å². The Balaban J connectivity index is 2.18. The summed E-state index contributed by atoms with van der Waals surface area (Å²) in [5, 5.41) is 0. The van der Waals surface area contributed by atoms with Crippen molar-refractivity contribution in [1.82, 2.24) is 14.9 Å². The molecule has 4 heteroatoms. The van der Waals surface area contributed by atoms with Crippen LogP contribution in [-0.2, 0) is 4.79 Å². The summed E-state index contributed by atoms with van der Waals surface area (Å²) in [6.07, 6.45) is 7.73. The molecule has 0 aliphatic carbocycles. The van der Waals surface area contributed by atoms with E-state index < -0.39 is 0 Å². The predicted molar refractivity (Wildman–Crippen MR) is 56.0 cm³/mol. The summed E-state index contributed by atoms with van der Waals surface area (Å²) in [6.45, 7) is 2.75. The van der Waals surface area contributed by atoms with E-state index in [1.807, 2.05) is 11.8 Å². The average molecular weight is 205 g/mol. The number of carbonyl (C=O) groups excluding carboxylic acids is 1. The second-order valence-electron chi connectivity index (χ2n) is 3.73. The van der Waals surface area contributed by atoms with Crippen LogP contribution in [0.4, 0.5) is 0 Å². The maximum absolute atomic E-state index is 11.7. The molecule has 1 aromatic heterocycles. The Morgan fingerprint density at radius 1 is 1.60 bits per heavy atom. The molecule has 1 amide bonds. The van der Waals surface area contributed by atoms with Crippen molar-refractivity contribution in [3.8, 4) is 0 Å². The van der Waals surface area contributed by atoms with Gasteiger partial charge >= 0.3 is 0 Å². The lowest BCUT2D eigenvalue weighted by molar-refractivity contribution is -0.131. The molecular formula is C11H15N3O. The highest BCUT2D eigenvalue weighted by Crippen LogP contribution is 2.30. The first-order valence-corrected chi connectivity index (χ1v) is 5.38. The molecular weight excluding hydrogens is 190 g/mol. The minimum absolute atomic E-state index is 0.145. The Labute approximate surface area is 89.3 Å². The Bertz CT molecular complexity index is 339. The summed E-state index contributed by atoms with van der Waals surface area (Å²) in [4.78, 5) is 21.9. The number of carbonyl (C=O) groups is 1. The molecule has 0 N–H and O–H groups in total. The second kappa shape index (κ2) is 4.38. The SMILES string of the molecule is CCC(=O)N1CCC[C@H]1c1cnccn1. The van der Waals surface area contributed by atoms with Crippen LogP contribution in [0.2, 0.25) is 0 Å². The third-order valence-electron chi connectivity index (χ3n) is 2.80. The molecule has 15 heavy (non-hydrogen) atoms. The van der Waals surface area contributed by atoms with Crippen LogP contribution in [0.1, 0.15) is 37.9 Å². The van der Waals surface area contributed by atoms with Gasteiger partial charge < -0.3 is 4.90 Å². The number of hydrogen-bond donors (Lipinski definition) is 0. The summed E-state index contributed by atoms with van der Waals surface area (Å²) >= 11 is 0. The zero-order valence-electron chi connectivity index (χ0n) is 8.89. The molecule has 0 saturated carbocycles. The fourth-order valence-electron chi connectivity index (χ4n) is 2.06. The first-order valence-electron chi connectivity index (χ1n) is 5.38. The highest BCUT2D eigenvalue weighted by molar-refractivity contribution is 5.76. The van der Waals surface area contributed by atoms with Crippen molar-refractivity contribution in [2.75, 3.05) is 6.54 Å². The van der Waals surface area contributed by atoms with E-state index in [4.69, 9.17) is 0 Å². The average Bonchev–Trinajstić information content (AvgIpc) is 2.78. The number of likely N-dealkylation sites (tertiary alicyclic amines) is 1. The molecule has 0 spiro atoms. The highest BCUT2D eigenvalue weighted by Gasteiger charge is 2.29. The van der Waals surface area contributed by atoms with Crippen LogP contribution < -0.4 is 0 Å². The van der Waals surface area contributed by atoms with Gasteiger partial charge in [-0.05, 0) is 12.8 Å². The zero-order valence-corrected chi connectivity index (χ0v) is 8.89. The topological polar surface area (TPSA) is 46.1 Å². The van der Waals surface area contributed by atoms with E-state index in [0.717, 1.165) is 25.1 Å². The maximum atomic E-state index is 11.7. The van der Waals surface area contributed by atoms with Crippen LogP contribution in [-0.4, -0.2) is 27.3 Å². The van der Waals surface area contributed by atoms with Gasteiger partial charge in [-0.2, -0.15) is 0 Å². The maximum Gasteiger partial charge on any atom is 0.222 e. The van der Waals surface area contributed by atoms with Gasteiger partial charge in [0.15, 0.2) is 0 Å². The first kappa shape index (κ1) is 10.1. The molecule has 0 aromatic carbocycles. The van der Waals surface area contributed by atoms with Crippen molar-refractivity contribution in [2.45, 2.75) is 32.2 Å². The normalized spacial score (nSPS) is 20.6. The van der Waals surface area contributed by atoms with Crippen LogP contribution in [0.3, 0.4) is 0 Å². The minimum Gasteiger partial charge on any atom is -0.334 e. The molecule has 0 radical (unpaired) electrons. The first-order chi connectivity index (χ1) is 7.33. The number of hydrogen-bond acceptors (Lipinski definition) is 3. The van der Waals surface area contributed by atoms with E-state index in [1.165, 1.54) is 0 Å². The fraction of sp³-hybridized carbons (Fsp3) is 0.545. The van der Waals surface area contributed by atoms with Gasteiger partial charge in [0.05, 0.1) is 17.9 Å². The van der Waals surface area contributed by atoms with Crippen LogP contribution in [0.15, 0.2) is 18.6 Å². The molecule has 2 heterocycles. The predicted octanol–water partition coefficient (Wildman–Crippen LogP) is 1.55. The fourth-order valence-corrected chi connectivity index (χ4v) is 2.06. The number of amides is 1. The zero-order chi connectivity index (χ0) is 10.7. The van der Waals surface area contributed by atoms with Crippen molar-refractivity contribution in [3.63, 3.8) is 0 Å². The Hall–Kier alpha value is -1.45. The summed E-state index contributed by atoms with van der Waals surface area (Å²) in [7, 11) is 0. The lowest BCUT2D eigenvalue weighted by Crippen LogP contribution is -2.30. The molecule has 80 valence electrons. The van der Waals surface area contributed by atoms with Gasteiger partial charge in [0, 0.05) is 25.4 Å². The van der Waals surface area contributed by atoms with E-state index in [9.17, 15) is 4.79 Å². The van der Waals surface area contributed by atoms with Crippen LogP contribution in [0.25, 0.3) is 0 Å². The Kier molecular flexibility index (Phi) is 2.94. The van der Waals surface area contributed by atoms with E-state index in [0.29, 0.717) is 6.42 Å². The molecule has 2 rings (SSSR count). The molecule has 1 aromatic rings. The molecule has 1 saturated heterocycles. The van der Waals surface area contributed by atoms with Gasteiger partial charge in [-0.15, -0.1) is 0 Å². The summed E-state index contributed by atoms with van der Waals surface area (Å²) in [5.41, 5.74) is 0.914. The van der Waals surface area contributed by atoms with Gasteiger partial charge in [0.2, 0.25) is 5.91 Å². The van der Waals surface area contributed by atoms with Gasteiger partial charge in [-0.1, -0.05) is 6.92 Å². The van der Waals surface area contributed by atoms with Crippen LogP contribution in [0.5, 0.6) is 0 Å². The van der Waals surface area contributed by atoms with Crippen molar-refractivity contribution in [1.29, 1.82) is 0 Å². The summed E-state index contributed by atoms with van der Waals surface area (Å²) < 4.78 is 0. The van der Waals surface area contributed by atoms with E-state index in [1.54, 1.807) is 18.6 Å². The van der Waals surface area contributed by atoms with Crippen molar-refractivity contribution >= 4 is 5.91 Å². The molecule has 0 unspecified atom stereocenters. The van der Waals surface area contributed by atoms with Crippen LogP contribution >= 0.6 is 0 Å². The number of aromatic nitrogens is 2. The third kappa shape index (κ3) is 1.98. The standard InChI is InChI=1S/C11H15N3O/c1-2-11(15)14-7-3-4-10(14)9-8-12-5-6-13-9/h5-6,8,10H,2-4,7H2,1H3/t10-/m0/s1. The van der Waals surface area contributed by atoms with Crippen molar-refractivity contribution in [3.05, 3.63) is 24.3 Å². The van der Waals surface area contributed by atoms with Gasteiger partial charge in [-0.25, -0.2) is 0 Å². The second-order valence-corrected chi connectivity index (χ2v) is 3.73. The van der Waals surface area contributed by atoms with E-state index in [2.05, 4.69) is 9.97 Å². The molecule has 1 aliphatic rings. The van der Waals surface area contributed by atoms with Crippen molar-refractivity contribution in [2.24, 2.45) is 0 Å². The number of rotatable bonds is 2. The molecule has 1 aliphatic heterocycles. The van der Waals surface area contributed by atoms with Gasteiger partial charge in [-0.3, -0.25) is 14.8 Å². The number of nitrogens with zero attached hydrogens (tertiary/aromatic N) is 3. The lowest BCUT2D eigenvalue weighted by Gasteiger charge is -2.23. The van der Waals surface area contributed by atoms with Crippen molar-refractivity contribution < 1.29 is 4.79 Å². The summed E-state index contributed by atoms with van der Waals surface area (Å²) in [5.74, 6) is 0.211. The third-order valence-corrected chi connectivity index (χ3v) is 2.80. The lowest BCUT2D eigenvalue weighted by atomic mass is 10.1. The Morgan fingerprint density at radius 2 is 2.47 bits per heavy atom. The molecule has 1 atom stereocenters. The van der Waals surface area contributed by atoms with E-state index in [-0.39, 0.29) is 11.9 Å². The van der Waals surface area contributed by atoms with E-state index >= 15 is 0 Å². The van der Waals surface area contributed by atoms with Crippen LogP contribution in [0, 0.1) is 0 Å². The largest absolute Gasteiger partial charge is 0.334 e. The monoisotopic (exact) mass is 205 g/mol. The smallest absolute Gasteiger partial charge is 0.222 e. The molecule has 4 nitrogen and oxygen atoms in total. The van der Waals surface area contributed by atoms with Gasteiger partial charge in [0.25, 0.3) is 0 Å². The molecule has 1 fully saturated rings. The quantitative estimate of drug-likeness (QED) is 0.736. The minimum atomic E-state index is 0.145.